The summed E-state index contributed by atoms with van der Waals surface area (Å²) in [6.07, 6.45) is 1.31. The summed E-state index contributed by atoms with van der Waals surface area (Å²) in [5.41, 5.74) is -0.626. The largest absolute Gasteiger partial charge is 0.480 e. The number of nitrogens with one attached hydrogen (secondary N) is 2. The zero-order valence-electron chi connectivity index (χ0n) is 11.6. The summed E-state index contributed by atoms with van der Waals surface area (Å²) < 4.78 is 5.02. The van der Waals surface area contributed by atoms with Crippen LogP contribution in [0.5, 0.6) is 0 Å². The van der Waals surface area contributed by atoms with Crippen molar-refractivity contribution >= 4 is 12.1 Å². The Morgan fingerprint density at radius 3 is 2.33 bits per heavy atom. The highest BCUT2D eigenvalue weighted by Gasteiger charge is 2.23. The van der Waals surface area contributed by atoms with Gasteiger partial charge in [0.15, 0.2) is 0 Å². The minimum Gasteiger partial charge on any atom is -0.480 e. The summed E-state index contributed by atoms with van der Waals surface area (Å²) in [5, 5.41) is 14.3. The molecule has 0 aromatic carbocycles. The summed E-state index contributed by atoms with van der Waals surface area (Å²) in [6, 6.07) is -0.892. The molecule has 1 atom stereocenters. The van der Waals surface area contributed by atoms with Crippen molar-refractivity contribution in [3.8, 4) is 0 Å². The van der Waals surface area contributed by atoms with E-state index in [1.165, 1.54) is 0 Å². The molecule has 0 bridgehead atoms. The zero-order chi connectivity index (χ0) is 14.2. The SMILES string of the molecule is CNCCCCC(NC(=O)OC(C)(C)C)C(=O)O. The number of amides is 1. The molecule has 0 aliphatic heterocycles. The molecule has 0 aromatic rings. The van der Waals surface area contributed by atoms with E-state index in [-0.39, 0.29) is 0 Å². The highest BCUT2D eigenvalue weighted by atomic mass is 16.6. The first-order valence-corrected chi connectivity index (χ1v) is 6.13. The number of carboxylic acid groups (broad SMARTS) is 1. The Morgan fingerprint density at radius 1 is 1.28 bits per heavy atom. The molecule has 0 heterocycles. The molecule has 3 N–H and O–H groups in total. The van der Waals surface area contributed by atoms with Crippen molar-refractivity contribution in [3.05, 3.63) is 0 Å². The summed E-state index contributed by atoms with van der Waals surface area (Å²) in [6.45, 7) is 6.03. The second-order valence-corrected chi connectivity index (χ2v) is 5.14. The molecule has 0 saturated carbocycles. The van der Waals surface area contributed by atoms with Gasteiger partial charge in [-0.25, -0.2) is 9.59 Å². The third kappa shape index (κ3) is 8.81. The Balaban J connectivity index is 4.11. The van der Waals surface area contributed by atoms with E-state index in [2.05, 4.69) is 10.6 Å². The first kappa shape index (κ1) is 16.7. The first-order chi connectivity index (χ1) is 8.26. The first-order valence-electron chi connectivity index (χ1n) is 6.13. The normalized spacial score (nSPS) is 12.9. The maximum atomic E-state index is 11.5. The Hall–Kier alpha value is -1.30. The predicted molar refractivity (Wildman–Crippen MR) is 68.6 cm³/mol. The standard InChI is InChI=1S/C12H24N2O4/c1-12(2,3)18-11(17)14-9(10(15)16)7-5-6-8-13-4/h9,13H,5-8H2,1-4H3,(H,14,17)(H,15,16). The lowest BCUT2D eigenvalue weighted by atomic mass is 10.1. The molecule has 0 radical (unpaired) electrons. The number of carbonyl (C=O) groups excluding carboxylic acids is 1. The van der Waals surface area contributed by atoms with Gasteiger partial charge in [0.1, 0.15) is 11.6 Å². The van der Waals surface area contributed by atoms with E-state index in [0.29, 0.717) is 6.42 Å². The molecule has 6 nitrogen and oxygen atoms in total. The topological polar surface area (TPSA) is 87.7 Å². The van der Waals surface area contributed by atoms with Gasteiger partial charge in [0.25, 0.3) is 0 Å². The monoisotopic (exact) mass is 260 g/mol. The number of carbonyl (C=O) groups is 2. The smallest absolute Gasteiger partial charge is 0.408 e. The minimum absolute atomic E-state index is 0.399. The minimum atomic E-state index is -1.04. The van der Waals surface area contributed by atoms with E-state index in [1.807, 2.05) is 7.05 Å². The number of carboxylic acids is 1. The summed E-state index contributed by atoms with van der Waals surface area (Å²) in [4.78, 5) is 22.4. The number of aliphatic carboxylic acids is 1. The molecule has 0 aliphatic rings. The lowest BCUT2D eigenvalue weighted by Gasteiger charge is -2.22. The van der Waals surface area contributed by atoms with Crippen LogP contribution in [0, 0.1) is 0 Å². The third-order valence-electron chi connectivity index (χ3n) is 2.16. The number of alkyl carbamates (subject to hydrolysis) is 1. The van der Waals surface area contributed by atoms with Crippen LogP contribution in [0.4, 0.5) is 4.79 Å². The van der Waals surface area contributed by atoms with Gasteiger partial charge in [-0.2, -0.15) is 0 Å². The van der Waals surface area contributed by atoms with Crippen molar-refractivity contribution in [3.63, 3.8) is 0 Å². The number of hydrogen-bond donors (Lipinski definition) is 3. The van der Waals surface area contributed by atoms with Gasteiger partial charge in [0.2, 0.25) is 0 Å². The van der Waals surface area contributed by atoms with Gasteiger partial charge in [0.05, 0.1) is 0 Å². The van der Waals surface area contributed by atoms with Crippen molar-refractivity contribution in [2.75, 3.05) is 13.6 Å². The lowest BCUT2D eigenvalue weighted by molar-refractivity contribution is -0.139. The Morgan fingerprint density at radius 2 is 1.89 bits per heavy atom. The third-order valence-corrected chi connectivity index (χ3v) is 2.16. The van der Waals surface area contributed by atoms with Crippen LogP contribution in [-0.2, 0) is 9.53 Å². The summed E-state index contributed by atoms with van der Waals surface area (Å²) >= 11 is 0. The fraction of sp³-hybridized carbons (Fsp3) is 0.833. The number of hydrogen-bond acceptors (Lipinski definition) is 4. The van der Waals surface area contributed by atoms with Gasteiger partial charge >= 0.3 is 12.1 Å². The maximum Gasteiger partial charge on any atom is 0.408 e. The molecule has 106 valence electrons. The van der Waals surface area contributed by atoms with Crippen LogP contribution in [0.1, 0.15) is 40.0 Å². The van der Waals surface area contributed by atoms with Crippen molar-refractivity contribution in [1.29, 1.82) is 0 Å². The van der Waals surface area contributed by atoms with E-state index < -0.39 is 23.7 Å². The number of rotatable bonds is 7. The fourth-order valence-corrected chi connectivity index (χ4v) is 1.36. The molecule has 18 heavy (non-hydrogen) atoms. The molecule has 0 aliphatic carbocycles. The van der Waals surface area contributed by atoms with Crippen LogP contribution in [0.3, 0.4) is 0 Å². The second-order valence-electron chi connectivity index (χ2n) is 5.14. The van der Waals surface area contributed by atoms with Crippen LogP contribution in [0.15, 0.2) is 0 Å². The van der Waals surface area contributed by atoms with Gasteiger partial charge in [-0.15, -0.1) is 0 Å². The number of ether oxygens (including phenoxy) is 1. The number of unbranched alkanes of at least 4 members (excludes halogenated alkanes) is 1. The van der Waals surface area contributed by atoms with Crippen LogP contribution in [0.25, 0.3) is 0 Å². The van der Waals surface area contributed by atoms with Crippen molar-refractivity contribution in [2.24, 2.45) is 0 Å². The predicted octanol–water partition coefficient (Wildman–Crippen LogP) is 1.35. The van der Waals surface area contributed by atoms with Gasteiger partial charge < -0.3 is 20.5 Å². The highest BCUT2D eigenvalue weighted by Crippen LogP contribution is 2.08. The molecule has 0 fully saturated rings. The van der Waals surface area contributed by atoms with E-state index >= 15 is 0 Å². The van der Waals surface area contributed by atoms with E-state index in [1.54, 1.807) is 20.8 Å². The zero-order valence-corrected chi connectivity index (χ0v) is 11.6. The molecular weight excluding hydrogens is 236 g/mol. The molecular formula is C12H24N2O4. The van der Waals surface area contributed by atoms with E-state index in [4.69, 9.17) is 9.84 Å². The molecule has 6 heteroatoms. The highest BCUT2D eigenvalue weighted by molar-refractivity contribution is 5.79. The van der Waals surface area contributed by atoms with E-state index in [0.717, 1.165) is 19.4 Å². The Kier molecular flexibility index (Phi) is 7.35. The van der Waals surface area contributed by atoms with Gasteiger partial charge in [-0.3, -0.25) is 0 Å². The van der Waals surface area contributed by atoms with Crippen LogP contribution in [0.2, 0.25) is 0 Å². The average molecular weight is 260 g/mol. The van der Waals surface area contributed by atoms with E-state index in [9.17, 15) is 9.59 Å². The lowest BCUT2D eigenvalue weighted by Crippen LogP contribution is -2.43. The molecule has 0 saturated heterocycles. The molecule has 1 unspecified atom stereocenters. The van der Waals surface area contributed by atoms with Crippen molar-refractivity contribution < 1.29 is 19.4 Å². The van der Waals surface area contributed by atoms with Crippen LogP contribution < -0.4 is 10.6 Å². The molecule has 0 rings (SSSR count). The quantitative estimate of drug-likeness (QED) is 0.601. The molecule has 1 amide bonds. The van der Waals surface area contributed by atoms with Crippen molar-refractivity contribution in [2.45, 2.75) is 51.7 Å². The van der Waals surface area contributed by atoms with Crippen LogP contribution in [-0.4, -0.2) is 42.4 Å². The maximum absolute atomic E-state index is 11.5. The Labute approximate surface area is 108 Å². The second kappa shape index (κ2) is 7.92. The molecule has 0 aromatic heterocycles. The summed E-state index contributed by atoms with van der Waals surface area (Å²) in [7, 11) is 1.84. The van der Waals surface area contributed by atoms with Gasteiger partial charge in [0, 0.05) is 0 Å². The summed E-state index contributed by atoms with van der Waals surface area (Å²) in [5.74, 6) is -1.04. The van der Waals surface area contributed by atoms with Crippen molar-refractivity contribution in [1.82, 2.24) is 10.6 Å². The van der Waals surface area contributed by atoms with Gasteiger partial charge in [-0.05, 0) is 53.6 Å². The average Bonchev–Trinajstić information content (AvgIpc) is 2.19. The Bertz CT molecular complexity index is 274. The van der Waals surface area contributed by atoms with Gasteiger partial charge in [-0.1, -0.05) is 0 Å². The molecule has 0 spiro atoms. The van der Waals surface area contributed by atoms with Crippen LogP contribution >= 0.6 is 0 Å². The fourth-order valence-electron chi connectivity index (χ4n) is 1.36.